The van der Waals surface area contributed by atoms with Crippen LogP contribution in [0.25, 0.3) is 16.9 Å². The molecule has 0 unspecified atom stereocenters. The summed E-state index contributed by atoms with van der Waals surface area (Å²) in [7, 11) is 0. The number of benzene rings is 1. The van der Waals surface area contributed by atoms with Crippen molar-refractivity contribution in [1.82, 2.24) is 19.3 Å². The van der Waals surface area contributed by atoms with Crippen molar-refractivity contribution < 1.29 is 4.79 Å². The van der Waals surface area contributed by atoms with Crippen molar-refractivity contribution in [2.45, 2.75) is 33.7 Å². The van der Waals surface area contributed by atoms with Gasteiger partial charge in [0.15, 0.2) is 0 Å². The predicted octanol–water partition coefficient (Wildman–Crippen LogP) is 5.03. The van der Waals surface area contributed by atoms with E-state index in [9.17, 15) is 4.79 Å². The molecule has 4 aromatic rings. The van der Waals surface area contributed by atoms with Crippen LogP contribution in [0.5, 0.6) is 0 Å². The summed E-state index contributed by atoms with van der Waals surface area (Å²) in [5, 5.41) is 0. The number of fused-ring (bicyclic) bond motifs is 1. The van der Waals surface area contributed by atoms with Crippen molar-refractivity contribution in [3.05, 3.63) is 89.5 Å². The number of hydrogen-bond donors (Lipinski definition) is 0. The minimum absolute atomic E-state index is 0. The SMILES string of the molecule is CCN(Cc1ccncc1)C(=O)Cc1c(-c2ccc(C)cc2)nc2ccc(C)cn12.Cl. The average molecular weight is 435 g/mol. The van der Waals surface area contributed by atoms with Crippen molar-refractivity contribution in [2.24, 2.45) is 0 Å². The number of imidazole rings is 1. The molecule has 4 rings (SSSR count). The van der Waals surface area contributed by atoms with E-state index in [1.165, 1.54) is 5.56 Å². The third-order valence-electron chi connectivity index (χ3n) is 5.37. The highest BCUT2D eigenvalue weighted by molar-refractivity contribution is 5.85. The van der Waals surface area contributed by atoms with E-state index >= 15 is 0 Å². The zero-order valence-electron chi connectivity index (χ0n) is 18.1. The molecule has 0 spiro atoms. The summed E-state index contributed by atoms with van der Waals surface area (Å²) < 4.78 is 2.06. The molecule has 3 heterocycles. The molecule has 5 nitrogen and oxygen atoms in total. The number of carbonyl (C=O) groups excluding carboxylic acids is 1. The lowest BCUT2D eigenvalue weighted by Gasteiger charge is -2.21. The summed E-state index contributed by atoms with van der Waals surface area (Å²) in [5.74, 6) is 0.0889. The molecule has 0 radical (unpaired) electrons. The van der Waals surface area contributed by atoms with Gasteiger partial charge in [-0.1, -0.05) is 35.9 Å². The Morgan fingerprint density at radius 2 is 1.65 bits per heavy atom. The molecular formula is C25H27ClN4O. The zero-order chi connectivity index (χ0) is 21.1. The van der Waals surface area contributed by atoms with Crippen LogP contribution >= 0.6 is 12.4 Å². The molecule has 0 bridgehead atoms. The van der Waals surface area contributed by atoms with Crippen LogP contribution in [0.15, 0.2) is 67.1 Å². The molecule has 31 heavy (non-hydrogen) atoms. The molecule has 0 N–H and O–H groups in total. The average Bonchev–Trinajstić information content (AvgIpc) is 3.10. The highest BCUT2D eigenvalue weighted by Gasteiger charge is 2.20. The van der Waals surface area contributed by atoms with E-state index in [0.717, 1.165) is 33.7 Å². The summed E-state index contributed by atoms with van der Waals surface area (Å²) >= 11 is 0. The highest BCUT2D eigenvalue weighted by atomic mass is 35.5. The van der Waals surface area contributed by atoms with E-state index in [1.54, 1.807) is 12.4 Å². The Morgan fingerprint density at radius 1 is 0.968 bits per heavy atom. The molecule has 3 aromatic heterocycles. The summed E-state index contributed by atoms with van der Waals surface area (Å²) in [5.41, 5.74) is 7.09. The third-order valence-corrected chi connectivity index (χ3v) is 5.37. The maximum atomic E-state index is 13.3. The fraction of sp³-hybridized carbons (Fsp3) is 0.240. The van der Waals surface area contributed by atoms with E-state index in [-0.39, 0.29) is 18.3 Å². The van der Waals surface area contributed by atoms with Gasteiger partial charge in [-0.05, 0) is 50.1 Å². The van der Waals surface area contributed by atoms with Gasteiger partial charge in [0.05, 0.1) is 17.8 Å². The molecule has 0 aliphatic carbocycles. The Hall–Kier alpha value is -3.18. The second-order valence-electron chi connectivity index (χ2n) is 7.65. The highest BCUT2D eigenvalue weighted by Crippen LogP contribution is 2.26. The number of nitrogens with zero attached hydrogens (tertiary/aromatic N) is 4. The Morgan fingerprint density at radius 3 is 2.32 bits per heavy atom. The van der Waals surface area contributed by atoms with Gasteiger partial charge in [-0.25, -0.2) is 4.98 Å². The van der Waals surface area contributed by atoms with Crippen LogP contribution in [0.4, 0.5) is 0 Å². The maximum Gasteiger partial charge on any atom is 0.228 e. The van der Waals surface area contributed by atoms with Gasteiger partial charge in [-0.15, -0.1) is 12.4 Å². The number of hydrogen-bond acceptors (Lipinski definition) is 3. The predicted molar refractivity (Wildman–Crippen MR) is 126 cm³/mol. The summed E-state index contributed by atoms with van der Waals surface area (Å²) in [6.45, 7) is 7.36. The van der Waals surface area contributed by atoms with E-state index in [2.05, 4.69) is 59.8 Å². The number of halogens is 1. The molecule has 6 heteroatoms. The molecule has 0 saturated carbocycles. The van der Waals surface area contributed by atoms with Crippen LogP contribution in [-0.4, -0.2) is 31.7 Å². The second-order valence-corrected chi connectivity index (χ2v) is 7.65. The van der Waals surface area contributed by atoms with Gasteiger partial charge in [-0.2, -0.15) is 0 Å². The van der Waals surface area contributed by atoms with E-state index < -0.39 is 0 Å². The van der Waals surface area contributed by atoms with Crippen LogP contribution in [0.1, 0.15) is 29.3 Å². The van der Waals surface area contributed by atoms with Crippen LogP contribution in [0.2, 0.25) is 0 Å². The number of rotatable bonds is 6. The molecule has 0 atom stereocenters. The Labute approximate surface area is 189 Å². The first kappa shape index (κ1) is 22.5. The van der Waals surface area contributed by atoms with Crippen molar-refractivity contribution >= 4 is 24.0 Å². The van der Waals surface area contributed by atoms with Crippen LogP contribution in [-0.2, 0) is 17.8 Å². The van der Waals surface area contributed by atoms with E-state index in [1.807, 2.05) is 30.0 Å². The number of amides is 1. The van der Waals surface area contributed by atoms with Crippen molar-refractivity contribution in [3.8, 4) is 11.3 Å². The molecule has 160 valence electrons. The number of pyridine rings is 2. The minimum Gasteiger partial charge on any atom is -0.338 e. The van der Waals surface area contributed by atoms with Gasteiger partial charge in [-0.3, -0.25) is 9.78 Å². The monoisotopic (exact) mass is 434 g/mol. The lowest BCUT2D eigenvalue weighted by Crippen LogP contribution is -2.32. The summed E-state index contributed by atoms with van der Waals surface area (Å²) in [6, 6.07) is 16.3. The van der Waals surface area contributed by atoms with Crippen molar-refractivity contribution in [2.75, 3.05) is 6.54 Å². The first-order chi connectivity index (χ1) is 14.5. The first-order valence-electron chi connectivity index (χ1n) is 10.3. The van der Waals surface area contributed by atoms with Gasteiger partial charge in [0, 0.05) is 37.2 Å². The second kappa shape index (κ2) is 9.75. The first-order valence-corrected chi connectivity index (χ1v) is 10.3. The van der Waals surface area contributed by atoms with Gasteiger partial charge < -0.3 is 9.30 Å². The van der Waals surface area contributed by atoms with Crippen molar-refractivity contribution in [3.63, 3.8) is 0 Å². The van der Waals surface area contributed by atoms with Crippen LogP contribution in [0.3, 0.4) is 0 Å². The van der Waals surface area contributed by atoms with Gasteiger partial charge in [0.1, 0.15) is 5.65 Å². The van der Waals surface area contributed by atoms with E-state index in [0.29, 0.717) is 19.5 Å². The molecule has 1 amide bonds. The molecule has 0 aliphatic heterocycles. The quantitative estimate of drug-likeness (QED) is 0.427. The topological polar surface area (TPSA) is 50.5 Å². The zero-order valence-corrected chi connectivity index (χ0v) is 18.9. The molecule has 0 aliphatic rings. The third kappa shape index (κ3) is 4.94. The Balaban J connectivity index is 0.00000272. The lowest BCUT2D eigenvalue weighted by atomic mass is 10.1. The fourth-order valence-electron chi connectivity index (χ4n) is 3.65. The summed E-state index contributed by atoms with van der Waals surface area (Å²) in [6.07, 6.45) is 5.88. The standard InChI is InChI=1S/C25H26N4O.ClH/c1-4-28(17-20-11-13-26-14-12-20)24(30)15-22-25(21-8-5-18(2)6-9-21)27-23-10-7-19(3)16-29(22)23;/h5-14,16H,4,15,17H2,1-3H3;1H. The Bertz CT molecular complexity index is 1170. The normalized spacial score (nSPS) is 10.7. The number of aromatic nitrogens is 3. The smallest absolute Gasteiger partial charge is 0.228 e. The summed E-state index contributed by atoms with van der Waals surface area (Å²) in [4.78, 5) is 24.1. The minimum atomic E-state index is 0. The van der Waals surface area contributed by atoms with E-state index in [4.69, 9.17) is 4.98 Å². The molecular weight excluding hydrogens is 408 g/mol. The number of carbonyl (C=O) groups is 1. The largest absolute Gasteiger partial charge is 0.338 e. The van der Waals surface area contributed by atoms with Crippen LogP contribution < -0.4 is 0 Å². The lowest BCUT2D eigenvalue weighted by molar-refractivity contribution is -0.130. The number of likely N-dealkylation sites (N-methyl/N-ethyl adjacent to an activating group) is 1. The Kier molecular flexibility index (Phi) is 7.08. The van der Waals surface area contributed by atoms with Crippen molar-refractivity contribution in [1.29, 1.82) is 0 Å². The van der Waals surface area contributed by atoms with Gasteiger partial charge in [0.2, 0.25) is 5.91 Å². The maximum absolute atomic E-state index is 13.3. The molecule has 0 fully saturated rings. The van der Waals surface area contributed by atoms with Gasteiger partial charge >= 0.3 is 0 Å². The molecule has 1 aromatic carbocycles. The van der Waals surface area contributed by atoms with Gasteiger partial charge in [0.25, 0.3) is 0 Å². The fourth-order valence-corrected chi connectivity index (χ4v) is 3.65. The van der Waals surface area contributed by atoms with Crippen LogP contribution in [0, 0.1) is 13.8 Å². The molecule has 0 saturated heterocycles. The number of aryl methyl sites for hydroxylation is 2.